The highest BCUT2D eigenvalue weighted by Gasteiger charge is 2.28. The average Bonchev–Trinajstić information content (AvgIpc) is 3.19. The van der Waals surface area contributed by atoms with Crippen LogP contribution in [-0.2, 0) is 7.05 Å². The van der Waals surface area contributed by atoms with Gasteiger partial charge in [-0.25, -0.2) is 4.98 Å². The Labute approximate surface area is 177 Å². The topological polar surface area (TPSA) is 68.3 Å². The highest BCUT2D eigenvalue weighted by atomic mass is 35.5. The van der Waals surface area contributed by atoms with E-state index < -0.39 is 0 Å². The maximum atomic E-state index is 13.2. The number of pyridine rings is 1. The van der Waals surface area contributed by atoms with E-state index in [1.54, 1.807) is 23.7 Å². The summed E-state index contributed by atoms with van der Waals surface area (Å²) in [5.74, 6) is 0.741. The molecule has 0 bridgehead atoms. The predicted octanol–water partition coefficient (Wildman–Crippen LogP) is 4.35. The summed E-state index contributed by atoms with van der Waals surface area (Å²) in [4.78, 5) is 32.0. The Hall–Kier alpha value is -3.12. The summed E-state index contributed by atoms with van der Waals surface area (Å²) in [6, 6.07) is 14.4. The molecule has 1 amide bonds. The molecule has 1 aliphatic rings. The number of halogens is 1. The zero-order valence-electron chi connectivity index (χ0n) is 16.5. The zero-order chi connectivity index (χ0) is 20.8. The van der Waals surface area contributed by atoms with Crippen molar-refractivity contribution in [1.29, 1.82) is 0 Å². The Morgan fingerprint density at radius 3 is 2.70 bits per heavy atom. The Bertz CT molecular complexity index is 1330. The number of fused-ring (bicyclic) bond motifs is 2. The number of nitrogens with zero attached hydrogens (tertiary/aromatic N) is 3. The fraction of sp³-hybridized carbons (Fsp3) is 0.261. The number of piperidine rings is 1. The minimum absolute atomic E-state index is 0.105. The maximum absolute atomic E-state index is 13.2. The fourth-order valence-electron chi connectivity index (χ4n) is 4.18. The van der Waals surface area contributed by atoms with Gasteiger partial charge in [0.15, 0.2) is 11.5 Å². The van der Waals surface area contributed by atoms with Crippen LogP contribution >= 0.6 is 11.6 Å². The van der Waals surface area contributed by atoms with Crippen LogP contribution in [-0.4, -0.2) is 33.4 Å². The Morgan fingerprint density at radius 1 is 1.13 bits per heavy atom. The lowest BCUT2D eigenvalue weighted by molar-refractivity contribution is 0.0708. The van der Waals surface area contributed by atoms with Crippen molar-refractivity contribution in [3.05, 3.63) is 75.4 Å². The molecule has 0 aliphatic carbocycles. The van der Waals surface area contributed by atoms with Gasteiger partial charge < -0.3 is 13.9 Å². The SMILES string of the molecule is Cn1c(=O)cc(C(=O)N2CCC(c3nc4cc(Cl)ccc4o3)CC2)c2ccccc21. The van der Waals surface area contributed by atoms with Gasteiger partial charge in [0, 0.05) is 42.5 Å². The quantitative estimate of drug-likeness (QED) is 0.482. The molecule has 1 aliphatic heterocycles. The third-order valence-corrected chi connectivity index (χ3v) is 6.12. The average molecular weight is 422 g/mol. The number of amides is 1. The first-order valence-corrected chi connectivity index (χ1v) is 10.3. The van der Waals surface area contributed by atoms with E-state index in [1.165, 1.54) is 6.07 Å². The van der Waals surface area contributed by atoms with Gasteiger partial charge in [-0.3, -0.25) is 9.59 Å². The van der Waals surface area contributed by atoms with Crippen LogP contribution in [0.5, 0.6) is 0 Å². The standard InChI is InChI=1S/C23H20ClN3O3/c1-26-19-5-3-2-4-16(19)17(13-21(26)28)23(29)27-10-8-14(9-11-27)22-25-18-12-15(24)6-7-20(18)30-22/h2-7,12-14H,8-11H2,1H3. The number of carbonyl (C=O) groups excluding carboxylic acids is 1. The lowest BCUT2D eigenvalue weighted by Crippen LogP contribution is -2.38. The second-order valence-corrected chi connectivity index (χ2v) is 8.14. The van der Waals surface area contributed by atoms with E-state index in [9.17, 15) is 9.59 Å². The van der Waals surface area contributed by atoms with Crippen molar-refractivity contribution in [2.24, 2.45) is 7.05 Å². The molecule has 3 heterocycles. The zero-order valence-corrected chi connectivity index (χ0v) is 17.2. The van der Waals surface area contributed by atoms with Crippen LogP contribution in [0.4, 0.5) is 0 Å². The highest BCUT2D eigenvalue weighted by Crippen LogP contribution is 2.31. The Balaban J connectivity index is 1.38. The summed E-state index contributed by atoms with van der Waals surface area (Å²) in [5.41, 5.74) is 2.51. The normalized spacial score (nSPS) is 15.2. The smallest absolute Gasteiger partial charge is 0.254 e. The Kier molecular flexibility index (Phi) is 4.59. The molecule has 0 radical (unpaired) electrons. The van der Waals surface area contributed by atoms with Crippen LogP contribution in [0.2, 0.25) is 5.02 Å². The van der Waals surface area contributed by atoms with Crippen molar-refractivity contribution >= 4 is 39.5 Å². The first kappa shape index (κ1) is 18.9. The van der Waals surface area contributed by atoms with Crippen molar-refractivity contribution in [2.75, 3.05) is 13.1 Å². The molecule has 0 saturated carbocycles. The highest BCUT2D eigenvalue weighted by molar-refractivity contribution is 6.31. The van der Waals surface area contributed by atoms with Gasteiger partial charge in [-0.2, -0.15) is 0 Å². The van der Waals surface area contributed by atoms with Crippen LogP contribution in [0, 0.1) is 0 Å². The minimum Gasteiger partial charge on any atom is -0.440 e. The third kappa shape index (κ3) is 3.17. The number of para-hydroxylation sites is 1. The van der Waals surface area contributed by atoms with Gasteiger partial charge in [-0.05, 0) is 37.1 Å². The van der Waals surface area contributed by atoms with Gasteiger partial charge in [0.05, 0.1) is 11.1 Å². The van der Waals surface area contributed by atoms with Gasteiger partial charge in [0.1, 0.15) is 5.52 Å². The van der Waals surface area contributed by atoms with Crippen molar-refractivity contribution in [3.8, 4) is 0 Å². The maximum Gasteiger partial charge on any atom is 0.254 e. The molecular formula is C23H20ClN3O3. The lowest BCUT2D eigenvalue weighted by atomic mass is 9.96. The summed E-state index contributed by atoms with van der Waals surface area (Å²) >= 11 is 6.04. The molecule has 6 nitrogen and oxygen atoms in total. The molecule has 0 unspecified atom stereocenters. The third-order valence-electron chi connectivity index (χ3n) is 5.88. The molecule has 0 N–H and O–H groups in total. The Morgan fingerprint density at radius 2 is 1.90 bits per heavy atom. The van der Waals surface area contributed by atoms with Crippen LogP contribution < -0.4 is 5.56 Å². The van der Waals surface area contributed by atoms with Crippen LogP contribution in [0.15, 0.2) is 57.7 Å². The number of rotatable bonds is 2. The number of aryl methyl sites for hydroxylation is 1. The van der Waals surface area contributed by atoms with Gasteiger partial charge in [0.25, 0.3) is 11.5 Å². The first-order valence-electron chi connectivity index (χ1n) is 9.95. The summed E-state index contributed by atoms with van der Waals surface area (Å²) in [6.07, 6.45) is 1.52. The van der Waals surface area contributed by atoms with Crippen LogP contribution in [0.1, 0.15) is 35.0 Å². The van der Waals surface area contributed by atoms with Crippen molar-refractivity contribution in [1.82, 2.24) is 14.5 Å². The molecule has 2 aromatic carbocycles. The van der Waals surface area contributed by atoms with Crippen molar-refractivity contribution < 1.29 is 9.21 Å². The molecule has 7 heteroatoms. The molecule has 30 heavy (non-hydrogen) atoms. The first-order chi connectivity index (χ1) is 14.5. The second kappa shape index (κ2) is 7.29. The summed E-state index contributed by atoms with van der Waals surface area (Å²) < 4.78 is 7.48. The number of aromatic nitrogens is 2. The minimum atomic E-state index is -0.183. The van der Waals surface area contributed by atoms with E-state index in [1.807, 2.05) is 35.2 Å². The van der Waals surface area contributed by atoms with Crippen LogP contribution in [0.25, 0.3) is 22.0 Å². The van der Waals surface area contributed by atoms with Crippen LogP contribution in [0.3, 0.4) is 0 Å². The summed E-state index contributed by atoms with van der Waals surface area (Å²) in [6.45, 7) is 1.18. The molecule has 152 valence electrons. The van der Waals surface area contributed by atoms with E-state index >= 15 is 0 Å². The van der Waals surface area contributed by atoms with E-state index in [4.69, 9.17) is 16.0 Å². The number of likely N-dealkylation sites (tertiary alicyclic amines) is 1. The van der Waals surface area contributed by atoms with Gasteiger partial charge in [0.2, 0.25) is 0 Å². The molecule has 5 rings (SSSR count). The van der Waals surface area contributed by atoms with Crippen molar-refractivity contribution in [3.63, 3.8) is 0 Å². The van der Waals surface area contributed by atoms with E-state index in [0.717, 1.165) is 34.8 Å². The van der Waals surface area contributed by atoms with E-state index in [2.05, 4.69) is 4.98 Å². The van der Waals surface area contributed by atoms with Crippen molar-refractivity contribution in [2.45, 2.75) is 18.8 Å². The van der Waals surface area contributed by atoms with Gasteiger partial charge in [-0.15, -0.1) is 0 Å². The molecule has 1 fully saturated rings. The largest absolute Gasteiger partial charge is 0.440 e. The molecule has 0 spiro atoms. The molecule has 0 atom stereocenters. The monoisotopic (exact) mass is 421 g/mol. The fourth-order valence-corrected chi connectivity index (χ4v) is 4.35. The lowest BCUT2D eigenvalue weighted by Gasteiger charge is -2.31. The number of hydrogen-bond donors (Lipinski definition) is 0. The molecule has 2 aromatic heterocycles. The second-order valence-electron chi connectivity index (χ2n) is 7.70. The van der Waals surface area contributed by atoms with E-state index in [-0.39, 0.29) is 17.4 Å². The predicted molar refractivity (Wildman–Crippen MR) is 116 cm³/mol. The number of hydrogen-bond acceptors (Lipinski definition) is 4. The van der Waals surface area contributed by atoms with Gasteiger partial charge >= 0.3 is 0 Å². The number of oxazole rings is 1. The number of benzene rings is 2. The summed E-state index contributed by atoms with van der Waals surface area (Å²) in [7, 11) is 1.72. The van der Waals surface area contributed by atoms with Gasteiger partial charge in [-0.1, -0.05) is 29.8 Å². The molecule has 4 aromatic rings. The molecule has 1 saturated heterocycles. The summed E-state index contributed by atoms with van der Waals surface area (Å²) in [5, 5.41) is 1.42. The molecular weight excluding hydrogens is 402 g/mol. The number of carbonyl (C=O) groups is 1. The van der Waals surface area contributed by atoms with E-state index in [0.29, 0.717) is 29.6 Å².